The Kier molecular flexibility index (Phi) is 3.57. The van der Waals surface area contributed by atoms with Crippen molar-refractivity contribution in [2.24, 2.45) is 0 Å². The van der Waals surface area contributed by atoms with Crippen LogP contribution < -0.4 is 10.1 Å². The average molecular weight is 250 g/mol. The molecule has 0 fully saturated rings. The summed E-state index contributed by atoms with van der Waals surface area (Å²) in [6, 6.07) is 5.66. The second-order valence-electron chi connectivity index (χ2n) is 3.52. The lowest BCUT2D eigenvalue weighted by molar-refractivity contribution is 0.0946. The molecule has 2 rings (SSSR count). The van der Waals surface area contributed by atoms with Crippen LogP contribution in [0.2, 0.25) is 0 Å². The lowest BCUT2D eigenvalue weighted by Gasteiger charge is -2.06. The van der Waals surface area contributed by atoms with Gasteiger partial charge in [-0.15, -0.1) is 0 Å². The quantitative estimate of drug-likeness (QED) is 0.897. The molecule has 0 unspecified atom stereocenters. The molecule has 0 spiro atoms. The van der Waals surface area contributed by atoms with Gasteiger partial charge in [0.25, 0.3) is 5.91 Å². The van der Waals surface area contributed by atoms with Gasteiger partial charge in [-0.25, -0.2) is 4.39 Å². The maximum absolute atomic E-state index is 13.6. The van der Waals surface area contributed by atoms with Crippen LogP contribution in [0.3, 0.4) is 0 Å². The molecule has 1 heterocycles. The third-order valence-electron chi connectivity index (χ3n) is 2.34. The van der Waals surface area contributed by atoms with E-state index >= 15 is 0 Å². The van der Waals surface area contributed by atoms with E-state index < -0.39 is 11.7 Å². The zero-order chi connectivity index (χ0) is 13.0. The number of methoxy groups -OCH3 is 1. The van der Waals surface area contributed by atoms with E-state index in [1.54, 1.807) is 6.07 Å². The average Bonchev–Trinajstić information content (AvgIpc) is 2.88. The van der Waals surface area contributed by atoms with E-state index in [9.17, 15) is 9.18 Å². The molecule has 0 aliphatic carbocycles. The van der Waals surface area contributed by atoms with E-state index in [1.807, 2.05) is 0 Å². The van der Waals surface area contributed by atoms with Crippen LogP contribution in [-0.4, -0.2) is 18.2 Å². The molecule has 0 aliphatic heterocycles. The first-order chi connectivity index (χ1) is 8.70. The van der Waals surface area contributed by atoms with E-state index in [2.05, 4.69) is 15.0 Å². The van der Waals surface area contributed by atoms with Crippen LogP contribution >= 0.6 is 0 Å². The lowest BCUT2D eigenvalue weighted by Crippen LogP contribution is -2.23. The summed E-state index contributed by atoms with van der Waals surface area (Å²) in [5.41, 5.74) is 0.525. The summed E-state index contributed by atoms with van der Waals surface area (Å²) in [6.07, 6.45) is 1.40. The highest BCUT2D eigenvalue weighted by molar-refractivity contribution is 5.94. The minimum atomic E-state index is -0.632. The molecule has 1 amide bonds. The Balaban J connectivity index is 2.04. The van der Waals surface area contributed by atoms with Crippen molar-refractivity contribution in [3.8, 4) is 5.75 Å². The lowest BCUT2D eigenvalue weighted by atomic mass is 10.2. The Bertz CT molecular complexity index is 540. The van der Waals surface area contributed by atoms with Crippen LogP contribution in [0.5, 0.6) is 5.75 Å². The monoisotopic (exact) mass is 250 g/mol. The molecule has 0 saturated carbocycles. The van der Waals surface area contributed by atoms with Crippen molar-refractivity contribution in [1.29, 1.82) is 0 Å². The third-order valence-corrected chi connectivity index (χ3v) is 2.34. The Morgan fingerprint density at radius 1 is 1.50 bits per heavy atom. The molecule has 2 aromatic rings. The van der Waals surface area contributed by atoms with E-state index in [-0.39, 0.29) is 12.1 Å². The number of carbonyl (C=O) groups excluding carboxylic acids is 1. The van der Waals surface area contributed by atoms with Crippen LogP contribution in [0.1, 0.15) is 16.1 Å². The van der Waals surface area contributed by atoms with Crippen LogP contribution in [0.4, 0.5) is 4.39 Å². The number of carbonyl (C=O) groups is 1. The fourth-order valence-electron chi connectivity index (χ4n) is 1.40. The summed E-state index contributed by atoms with van der Waals surface area (Å²) in [5.74, 6) is -0.786. The van der Waals surface area contributed by atoms with Crippen molar-refractivity contribution >= 4 is 5.91 Å². The van der Waals surface area contributed by atoms with Crippen molar-refractivity contribution in [1.82, 2.24) is 10.5 Å². The van der Waals surface area contributed by atoms with Gasteiger partial charge in [0, 0.05) is 12.1 Å². The second kappa shape index (κ2) is 5.31. The number of aromatic nitrogens is 1. The minimum Gasteiger partial charge on any atom is -0.497 e. The fraction of sp³-hybridized carbons (Fsp3) is 0.167. The van der Waals surface area contributed by atoms with Gasteiger partial charge in [0.05, 0.1) is 19.2 Å². The molecule has 0 radical (unpaired) electrons. The molecule has 0 atom stereocenters. The van der Waals surface area contributed by atoms with Gasteiger partial charge in [-0.05, 0) is 12.1 Å². The second-order valence-corrected chi connectivity index (χ2v) is 3.52. The molecule has 5 nitrogen and oxygen atoms in total. The molecule has 94 valence electrons. The van der Waals surface area contributed by atoms with Crippen molar-refractivity contribution in [2.45, 2.75) is 6.54 Å². The van der Waals surface area contributed by atoms with Crippen molar-refractivity contribution in [2.75, 3.05) is 7.11 Å². The SMILES string of the molecule is COc1ccc(C(=O)NCc2ccon2)c(F)c1. The smallest absolute Gasteiger partial charge is 0.254 e. The Morgan fingerprint density at radius 2 is 2.33 bits per heavy atom. The number of hydrogen-bond acceptors (Lipinski definition) is 4. The van der Waals surface area contributed by atoms with Crippen LogP contribution in [0.25, 0.3) is 0 Å². The summed E-state index contributed by atoms with van der Waals surface area (Å²) >= 11 is 0. The molecule has 1 aromatic heterocycles. The van der Waals surface area contributed by atoms with E-state index in [4.69, 9.17) is 4.74 Å². The van der Waals surface area contributed by atoms with Gasteiger partial charge in [-0.2, -0.15) is 0 Å². The maximum atomic E-state index is 13.6. The molecular weight excluding hydrogens is 239 g/mol. The highest BCUT2D eigenvalue weighted by Gasteiger charge is 2.12. The number of hydrogen-bond donors (Lipinski definition) is 1. The predicted octanol–water partition coefficient (Wildman–Crippen LogP) is 1.75. The van der Waals surface area contributed by atoms with E-state index in [0.29, 0.717) is 11.4 Å². The summed E-state index contributed by atoms with van der Waals surface area (Å²) < 4.78 is 23.0. The predicted molar refractivity (Wildman–Crippen MR) is 60.6 cm³/mol. The molecule has 0 bridgehead atoms. The third kappa shape index (κ3) is 2.65. The molecule has 0 aliphatic rings. The van der Waals surface area contributed by atoms with Gasteiger partial charge in [0.15, 0.2) is 0 Å². The normalized spacial score (nSPS) is 10.1. The molecule has 18 heavy (non-hydrogen) atoms. The van der Waals surface area contributed by atoms with E-state index in [0.717, 1.165) is 6.07 Å². The van der Waals surface area contributed by atoms with E-state index in [1.165, 1.54) is 25.5 Å². The standard InChI is InChI=1S/C12H11FN2O3/c1-17-9-2-3-10(11(13)6-9)12(16)14-7-8-4-5-18-15-8/h2-6H,7H2,1H3,(H,14,16). The first kappa shape index (κ1) is 12.1. The summed E-state index contributed by atoms with van der Waals surface area (Å²) in [6.45, 7) is 0.181. The van der Waals surface area contributed by atoms with Gasteiger partial charge in [0.1, 0.15) is 23.5 Å². The number of benzene rings is 1. The number of amides is 1. The Morgan fingerprint density at radius 3 is 2.94 bits per heavy atom. The van der Waals surface area contributed by atoms with Gasteiger partial charge < -0.3 is 14.6 Å². The molecular formula is C12H11FN2O3. The van der Waals surface area contributed by atoms with Gasteiger partial charge in [-0.3, -0.25) is 4.79 Å². The first-order valence-electron chi connectivity index (χ1n) is 5.21. The van der Waals surface area contributed by atoms with Gasteiger partial charge in [-0.1, -0.05) is 5.16 Å². The van der Waals surface area contributed by atoms with Crippen LogP contribution in [-0.2, 0) is 6.54 Å². The van der Waals surface area contributed by atoms with Crippen LogP contribution in [0, 0.1) is 5.82 Å². The van der Waals surface area contributed by atoms with Crippen molar-refractivity contribution < 1.29 is 18.4 Å². The maximum Gasteiger partial charge on any atom is 0.254 e. The van der Waals surface area contributed by atoms with Gasteiger partial charge >= 0.3 is 0 Å². The Labute approximate surface area is 103 Å². The zero-order valence-electron chi connectivity index (χ0n) is 9.64. The van der Waals surface area contributed by atoms with Crippen molar-refractivity contribution in [3.05, 3.63) is 47.6 Å². The molecule has 1 aromatic carbocycles. The molecule has 1 N–H and O–H groups in total. The first-order valence-corrected chi connectivity index (χ1v) is 5.21. The Hall–Kier alpha value is -2.37. The highest BCUT2D eigenvalue weighted by Crippen LogP contribution is 2.16. The zero-order valence-corrected chi connectivity index (χ0v) is 9.64. The van der Waals surface area contributed by atoms with Crippen molar-refractivity contribution in [3.63, 3.8) is 0 Å². The number of nitrogens with zero attached hydrogens (tertiary/aromatic N) is 1. The number of halogens is 1. The number of ether oxygens (including phenoxy) is 1. The summed E-state index contributed by atoms with van der Waals surface area (Å²) in [4.78, 5) is 11.7. The topological polar surface area (TPSA) is 64.4 Å². The highest BCUT2D eigenvalue weighted by atomic mass is 19.1. The minimum absolute atomic E-state index is 0.0423. The van der Waals surface area contributed by atoms with Gasteiger partial charge in [0.2, 0.25) is 0 Å². The molecule has 0 saturated heterocycles. The largest absolute Gasteiger partial charge is 0.497 e. The fourth-order valence-corrected chi connectivity index (χ4v) is 1.40. The summed E-state index contributed by atoms with van der Waals surface area (Å²) in [7, 11) is 1.43. The number of rotatable bonds is 4. The van der Waals surface area contributed by atoms with Crippen LogP contribution in [0.15, 0.2) is 35.1 Å². The molecule has 6 heteroatoms. The number of nitrogens with one attached hydrogen (secondary N) is 1. The summed E-state index contributed by atoms with van der Waals surface area (Å²) in [5, 5.41) is 6.17.